The molecular formula is C18H18ClN5O3S. The maximum atomic E-state index is 12.6. The van der Waals surface area contributed by atoms with Gasteiger partial charge in [0, 0.05) is 11.6 Å². The number of hydrogen-bond donors (Lipinski definition) is 2. The Labute approximate surface area is 167 Å². The molecule has 0 radical (unpaired) electrons. The summed E-state index contributed by atoms with van der Waals surface area (Å²) in [6.45, 7) is 1.81. The van der Waals surface area contributed by atoms with Crippen LogP contribution in [0.15, 0.2) is 48.5 Å². The lowest BCUT2D eigenvalue weighted by atomic mass is 10.2. The zero-order chi connectivity index (χ0) is 20.3. The molecule has 3 aromatic rings. The molecule has 1 amide bonds. The number of amides is 1. The molecule has 146 valence electrons. The molecule has 0 saturated carbocycles. The highest BCUT2D eigenvalue weighted by Gasteiger charge is 2.17. The maximum absolute atomic E-state index is 12.6. The zero-order valence-electron chi connectivity index (χ0n) is 15.2. The third-order valence-corrected chi connectivity index (χ3v) is 4.61. The number of nitrogens with zero attached hydrogens (tertiary/aromatic N) is 3. The van der Waals surface area contributed by atoms with Gasteiger partial charge in [0.1, 0.15) is 0 Å². The van der Waals surface area contributed by atoms with Crippen LogP contribution < -0.4 is 10.0 Å². The number of aryl methyl sites for hydroxylation is 1. The molecular weight excluding hydrogens is 402 g/mol. The average molecular weight is 420 g/mol. The number of benzene rings is 2. The highest BCUT2D eigenvalue weighted by Crippen LogP contribution is 2.17. The van der Waals surface area contributed by atoms with E-state index >= 15 is 0 Å². The average Bonchev–Trinajstić information content (AvgIpc) is 3.01. The van der Waals surface area contributed by atoms with Gasteiger partial charge in [0.15, 0.2) is 5.69 Å². The molecule has 10 heteroatoms. The fourth-order valence-electron chi connectivity index (χ4n) is 2.54. The van der Waals surface area contributed by atoms with Crippen LogP contribution in [0, 0.1) is 6.92 Å². The molecule has 1 heterocycles. The van der Waals surface area contributed by atoms with E-state index in [1.807, 2.05) is 0 Å². The van der Waals surface area contributed by atoms with Gasteiger partial charge in [-0.1, -0.05) is 35.9 Å². The molecule has 0 aliphatic carbocycles. The van der Waals surface area contributed by atoms with E-state index in [-0.39, 0.29) is 12.2 Å². The molecule has 0 aliphatic rings. The van der Waals surface area contributed by atoms with Gasteiger partial charge in [-0.15, -0.1) is 5.10 Å². The Hall–Kier alpha value is -2.91. The minimum absolute atomic E-state index is 0.126. The van der Waals surface area contributed by atoms with E-state index in [1.165, 1.54) is 4.80 Å². The summed E-state index contributed by atoms with van der Waals surface area (Å²) in [7, 11) is -3.43. The third-order valence-electron chi connectivity index (χ3n) is 3.79. The molecule has 0 fully saturated rings. The zero-order valence-corrected chi connectivity index (χ0v) is 16.8. The van der Waals surface area contributed by atoms with Crippen molar-refractivity contribution in [3.63, 3.8) is 0 Å². The Kier molecular flexibility index (Phi) is 5.66. The Bertz CT molecular complexity index is 1130. The van der Waals surface area contributed by atoms with Crippen molar-refractivity contribution in [2.45, 2.75) is 13.5 Å². The standard InChI is InChI=1S/C18H18ClN5O3S/c1-12-17(22-24(21-12)15-8-5-7-14(19)10-15)18(25)20-11-13-6-3-4-9-16(13)23-28(2,26)27/h3-10,23H,11H2,1-2H3,(H,20,25). The molecule has 0 saturated heterocycles. The molecule has 0 spiro atoms. The molecule has 0 atom stereocenters. The summed E-state index contributed by atoms with van der Waals surface area (Å²) in [5.41, 5.74) is 2.30. The van der Waals surface area contributed by atoms with Crippen LogP contribution in [0.1, 0.15) is 21.7 Å². The van der Waals surface area contributed by atoms with E-state index in [9.17, 15) is 13.2 Å². The quantitative estimate of drug-likeness (QED) is 0.638. The van der Waals surface area contributed by atoms with Gasteiger partial charge >= 0.3 is 0 Å². The highest BCUT2D eigenvalue weighted by atomic mass is 35.5. The second-order valence-corrected chi connectivity index (χ2v) is 8.30. The van der Waals surface area contributed by atoms with Crippen LogP contribution >= 0.6 is 11.6 Å². The lowest BCUT2D eigenvalue weighted by molar-refractivity contribution is 0.0945. The molecule has 0 unspecified atom stereocenters. The molecule has 2 aromatic carbocycles. The first kappa shape index (κ1) is 19.8. The normalized spacial score (nSPS) is 11.2. The minimum Gasteiger partial charge on any atom is -0.346 e. The molecule has 1 aromatic heterocycles. The van der Waals surface area contributed by atoms with Crippen molar-refractivity contribution < 1.29 is 13.2 Å². The van der Waals surface area contributed by atoms with E-state index in [0.717, 1.165) is 6.26 Å². The topological polar surface area (TPSA) is 106 Å². The van der Waals surface area contributed by atoms with E-state index in [0.29, 0.717) is 27.7 Å². The largest absolute Gasteiger partial charge is 0.346 e. The second-order valence-electron chi connectivity index (χ2n) is 6.12. The Morgan fingerprint density at radius 3 is 2.61 bits per heavy atom. The van der Waals surface area contributed by atoms with Gasteiger partial charge in [0.25, 0.3) is 5.91 Å². The summed E-state index contributed by atoms with van der Waals surface area (Å²) in [5, 5.41) is 11.8. The number of anilines is 1. The Balaban J connectivity index is 1.76. The first-order valence-electron chi connectivity index (χ1n) is 8.27. The van der Waals surface area contributed by atoms with E-state index in [4.69, 9.17) is 11.6 Å². The van der Waals surface area contributed by atoms with Gasteiger partial charge in [0.2, 0.25) is 10.0 Å². The van der Waals surface area contributed by atoms with Gasteiger partial charge < -0.3 is 5.32 Å². The van der Waals surface area contributed by atoms with Crippen LogP contribution in [0.5, 0.6) is 0 Å². The van der Waals surface area contributed by atoms with Gasteiger partial charge in [-0.2, -0.15) is 9.90 Å². The number of halogens is 1. The number of carbonyl (C=O) groups excluding carboxylic acids is 1. The van der Waals surface area contributed by atoms with Crippen molar-refractivity contribution in [2.24, 2.45) is 0 Å². The van der Waals surface area contributed by atoms with Gasteiger partial charge in [-0.05, 0) is 36.8 Å². The lowest BCUT2D eigenvalue weighted by Gasteiger charge is -2.11. The van der Waals surface area contributed by atoms with E-state index in [1.54, 1.807) is 55.5 Å². The SMILES string of the molecule is Cc1nn(-c2cccc(Cl)c2)nc1C(=O)NCc1ccccc1NS(C)(=O)=O. The fourth-order valence-corrected chi connectivity index (χ4v) is 3.32. The van der Waals surface area contributed by atoms with Crippen LogP contribution in [0.3, 0.4) is 0 Å². The summed E-state index contributed by atoms with van der Waals surface area (Å²) < 4.78 is 25.4. The first-order chi connectivity index (χ1) is 13.2. The lowest BCUT2D eigenvalue weighted by Crippen LogP contribution is -2.25. The minimum atomic E-state index is -3.43. The van der Waals surface area contributed by atoms with Crippen molar-refractivity contribution in [1.82, 2.24) is 20.3 Å². The maximum Gasteiger partial charge on any atom is 0.274 e. The van der Waals surface area contributed by atoms with Crippen molar-refractivity contribution in [2.75, 3.05) is 11.0 Å². The number of sulfonamides is 1. The predicted octanol–water partition coefficient (Wildman–Crippen LogP) is 2.53. The number of hydrogen-bond acceptors (Lipinski definition) is 5. The summed E-state index contributed by atoms with van der Waals surface area (Å²) in [6, 6.07) is 13.8. The van der Waals surface area contributed by atoms with E-state index < -0.39 is 15.9 Å². The van der Waals surface area contributed by atoms with Crippen molar-refractivity contribution in [3.05, 3.63) is 70.5 Å². The summed E-state index contributed by atoms with van der Waals surface area (Å²) in [5.74, 6) is -0.417. The van der Waals surface area contributed by atoms with Crippen LogP contribution in [-0.4, -0.2) is 35.6 Å². The Morgan fingerprint density at radius 2 is 1.89 bits per heavy atom. The number of rotatable bonds is 6. The van der Waals surface area contributed by atoms with Crippen molar-refractivity contribution in [1.29, 1.82) is 0 Å². The molecule has 28 heavy (non-hydrogen) atoms. The van der Waals surface area contributed by atoms with Crippen LogP contribution in [0.25, 0.3) is 5.69 Å². The van der Waals surface area contributed by atoms with Crippen molar-refractivity contribution in [3.8, 4) is 5.69 Å². The van der Waals surface area contributed by atoms with Crippen LogP contribution in [0.4, 0.5) is 5.69 Å². The predicted molar refractivity (Wildman–Crippen MR) is 107 cm³/mol. The van der Waals surface area contributed by atoms with E-state index in [2.05, 4.69) is 20.2 Å². The van der Waals surface area contributed by atoms with Gasteiger partial charge in [-0.25, -0.2) is 8.42 Å². The molecule has 8 nitrogen and oxygen atoms in total. The number of aromatic nitrogens is 3. The van der Waals surface area contributed by atoms with Crippen molar-refractivity contribution >= 4 is 33.2 Å². The second kappa shape index (κ2) is 7.99. The summed E-state index contributed by atoms with van der Waals surface area (Å²) >= 11 is 5.99. The Morgan fingerprint density at radius 1 is 1.14 bits per heavy atom. The first-order valence-corrected chi connectivity index (χ1v) is 10.5. The summed E-state index contributed by atoms with van der Waals surface area (Å²) in [6.07, 6.45) is 1.07. The van der Waals surface area contributed by atoms with Crippen LogP contribution in [0.2, 0.25) is 5.02 Å². The summed E-state index contributed by atoms with van der Waals surface area (Å²) in [4.78, 5) is 13.9. The fraction of sp³-hybridized carbons (Fsp3) is 0.167. The molecule has 3 rings (SSSR count). The third kappa shape index (κ3) is 4.87. The monoisotopic (exact) mass is 419 g/mol. The molecule has 2 N–H and O–H groups in total. The number of nitrogens with one attached hydrogen (secondary N) is 2. The molecule has 0 aliphatic heterocycles. The highest BCUT2D eigenvalue weighted by molar-refractivity contribution is 7.92. The molecule has 0 bridgehead atoms. The number of para-hydroxylation sites is 1. The van der Waals surface area contributed by atoms with Gasteiger partial charge in [-0.3, -0.25) is 9.52 Å². The smallest absolute Gasteiger partial charge is 0.274 e. The number of carbonyl (C=O) groups is 1. The van der Waals surface area contributed by atoms with Gasteiger partial charge in [0.05, 0.1) is 23.3 Å². The van der Waals surface area contributed by atoms with Crippen LogP contribution in [-0.2, 0) is 16.6 Å².